The second-order valence-electron chi connectivity index (χ2n) is 5.03. The van der Waals surface area contributed by atoms with Crippen molar-refractivity contribution in [3.05, 3.63) is 33.9 Å². The first-order valence-corrected chi connectivity index (χ1v) is 5.90. The molecule has 2 aliphatic carbocycles. The molecule has 0 bridgehead atoms. The van der Waals surface area contributed by atoms with Crippen LogP contribution in [0, 0.1) is 0 Å². The molecule has 2 aliphatic rings. The molecular weight excluding hydrogens is 202 g/mol. The lowest BCUT2D eigenvalue weighted by Crippen LogP contribution is -2.29. The second-order valence-corrected chi connectivity index (χ2v) is 5.03. The third-order valence-electron chi connectivity index (χ3n) is 4.08. The van der Waals surface area contributed by atoms with Crippen LogP contribution in [0.3, 0.4) is 0 Å². The zero-order chi connectivity index (χ0) is 10.8. The molecule has 0 unspecified atom stereocenters. The van der Waals surface area contributed by atoms with Crippen LogP contribution in [0.25, 0.3) is 5.65 Å². The quantitative estimate of drug-likeness (QED) is 0.722. The van der Waals surface area contributed by atoms with Crippen molar-refractivity contribution in [2.24, 2.45) is 0 Å². The van der Waals surface area contributed by atoms with Crippen molar-refractivity contribution < 1.29 is 0 Å². The van der Waals surface area contributed by atoms with Gasteiger partial charge < -0.3 is 0 Å². The van der Waals surface area contributed by atoms with E-state index in [1.54, 1.807) is 10.7 Å². The van der Waals surface area contributed by atoms with Gasteiger partial charge in [-0.05, 0) is 32.1 Å². The van der Waals surface area contributed by atoms with Gasteiger partial charge in [0.05, 0.1) is 5.69 Å². The SMILES string of the molecule is O=c1c2c(nc3cc[nH]n13)C1(CCC2)CC1. The number of nitrogens with one attached hydrogen (secondary N) is 1. The third-order valence-corrected chi connectivity index (χ3v) is 4.08. The number of fused-ring (bicyclic) bond motifs is 3. The van der Waals surface area contributed by atoms with Gasteiger partial charge in [-0.2, -0.15) is 0 Å². The Balaban J connectivity index is 2.13. The number of hydrogen-bond donors (Lipinski definition) is 1. The van der Waals surface area contributed by atoms with Crippen molar-refractivity contribution >= 4 is 5.65 Å². The summed E-state index contributed by atoms with van der Waals surface area (Å²) in [5.41, 5.74) is 3.19. The van der Waals surface area contributed by atoms with Crippen LogP contribution >= 0.6 is 0 Å². The van der Waals surface area contributed by atoms with Gasteiger partial charge in [-0.25, -0.2) is 9.50 Å². The van der Waals surface area contributed by atoms with Gasteiger partial charge in [0.2, 0.25) is 0 Å². The van der Waals surface area contributed by atoms with Gasteiger partial charge in [-0.3, -0.25) is 9.89 Å². The maximum absolute atomic E-state index is 12.2. The molecule has 1 fully saturated rings. The highest BCUT2D eigenvalue weighted by Crippen LogP contribution is 2.54. The minimum atomic E-state index is 0.107. The zero-order valence-corrected chi connectivity index (χ0v) is 8.99. The Morgan fingerprint density at radius 1 is 1.38 bits per heavy atom. The van der Waals surface area contributed by atoms with Gasteiger partial charge in [-0.1, -0.05) is 0 Å². The molecule has 1 spiro atoms. The first-order chi connectivity index (χ1) is 7.80. The summed E-state index contributed by atoms with van der Waals surface area (Å²) in [6.07, 6.45) is 7.45. The molecule has 16 heavy (non-hydrogen) atoms. The first-order valence-electron chi connectivity index (χ1n) is 5.90. The molecule has 0 saturated heterocycles. The highest BCUT2D eigenvalue weighted by atomic mass is 16.1. The minimum absolute atomic E-state index is 0.107. The van der Waals surface area contributed by atoms with Crippen LogP contribution in [0.15, 0.2) is 17.1 Å². The average Bonchev–Trinajstić information content (AvgIpc) is 2.90. The van der Waals surface area contributed by atoms with E-state index < -0.39 is 0 Å². The standard InChI is InChI=1S/C12H13N3O/c16-11-8-2-1-4-12(5-6-12)10(8)14-9-3-7-13-15(9)11/h3,7,13H,1-2,4-6H2. The minimum Gasteiger partial charge on any atom is -0.297 e. The Hall–Kier alpha value is -1.58. The number of aromatic amines is 1. The molecule has 0 aliphatic heterocycles. The Labute approximate surface area is 92.3 Å². The molecule has 0 atom stereocenters. The van der Waals surface area contributed by atoms with Crippen LogP contribution in [0.5, 0.6) is 0 Å². The molecule has 0 radical (unpaired) electrons. The Kier molecular flexibility index (Phi) is 1.37. The van der Waals surface area contributed by atoms with Crippen LogP contribution in [0.2, 0.25) is 0 Å². The van der Waals surface area contributed by atoms with Crippen LogP contribution in [0.1, 0.15) is 36.9 Å². The molecule has 4 rings (SSSR count). The topological polar surface area (TPSA) is 50.2 Å². The van der Waals surface area contributed by atoms with Crippen LogP contribution in [-0.4, -0.2) is 14.6 Å². The fraction of sp³-hybridized carbons (Fsp3) is 0.500. The molecule has 0 amide bonds. The van der Waals surface area contributed by atoms with Crippen molar-refractivity contribution in [2.45, 2.75) is 37.5 Å². The summed E-state index contributed by atoms with van der Waals surface area (Å²) < 4.78 is 1.56. The number of H-pyrrole nitrogens is 1. The number of hydrogen-bond acceptors (Lipinski definition) is 2. The number of nitrogens with zero attached hydrogens (tertiary/aromatic N) is 2. The van der Waals surface area contributed by atoms with E-state index in [0.29, 0.717) is 0 Å². The predicted octanol–water partition coefficient (Wildman–Crippen LogP) is 1.39. The van der Waals surface area contributed by atoms with Gasteiger partial charge in [0.15, 0.2) is 5.65 Å². The fourth-order valence-corrected chi connectivity index (χ4v) is 3.02. The van der Waals surface area contributed by atoms with Crippen molar-refractivity contribution in [1.29, 1.82) is 0 Å². The van der Waals surface area contributed by atoms with E-state index in [9.17, 15) is 4.79 Å². The summed E-state index contributed by atoms with van der Waals surface area (Å²) >= 11 is 0. The molecular formula is C12H13N3O. The fourth-order valence-electron chi connectivity index (χ4n) is 3.02. The van der Waals surface area contributed by atoms with Gasteiger partial charge in [0.25, 0.3) is 5.56 Å². The van der Waals surface area contributed by atoms with E-state index in [2.05, 4.69) is 10.1 Å². The highest BCUT2D eigenvalue weighted by Gasteiger charge is 2.49. The van der Waals surface area contributed by atoms with E-state index in [1.165, 1.54) is 19.3 Å². The molecule has 2 aromatic rings. The zero-order valence-electron chi connectivity index (χ0n) is 8.99. The predicted molar refractivity (Wildman–Crippen MR) is 59.7 cm³/mol. The lowest BCUT2D eigenvalue weighted by Gasteiger charge is -2.23. The Bertz CT molecular complexity index is 633. The van der Waals surface area contributed by atoms with E-state index in [-0.39, 0.29) is 11.0 Å². The summed E-state index contributed by atoms with van der Waals surface area (Å²) in [5, 5.41) is 2.93. The van der Waals surface area contributed by atoms with Crippen molar-refractivity contribution in [1.82, 2.24) is 14.6 Å². The summed E-state index contributed by atoms with van der Waals surface area (Å²) in [6, 6.07) is 1.87. The lowest BCUT2D eigenvalue weighted by molar-refractivity contribution is 0.519. The van der Waals surface area contributed by atoms with Crippen molar-refractivity contribution in [3.8, 4) is 0 Å². The van der Waals surface area contributed by atoms with Gasteiger partial charge in [-0.15, -0.1) is 0 Å². The molecule has 1 saturated carbocycles. The number of aromatic nitrogens is 3. The normalized spacial score (nSPS) is 21.2. The maximum atomic E-state index is 12.2. The summed E-state index contributed by atoms with van der Waals surface area (Å²) in [7, 11) is 0. The number of rotatable bonds is 0. The summed E-state index contributed by atoms with van der Waals surface area (Å²) in [6.45, 7) is 0. The maximum Gasteiger partial charge on any atom is 0.276 e. The van der Waals surface area contributed by atoms with Gasteiger partial charge >= 0.3 is 0 Å². The Morgan fingerprint density at radius 2 is 2.25 bits per heavy atom. The molecule has 2 heterocycles. The van der Waals surface area contributed by atoms with Crippen molar-refractivity contribution in [3.63, 3.8) is 0 Å². The van der Waals surface area contributed by atoms with E-state index >= 15 is 0 Å². The van der Waals surface area contributed by atoms with Gasteiger partial charge in [0.1, 0.15) is 0 Å². The van der Waals surface area contributed by atoms with E-state index in [0.717, 1.165) is 29.7 Å². The van der Waals surface area contributed by atoms with Crippen LogP contribution in [0.4, 0.5) is 0 Å². The smallest absolute Gasteiger partial charge is 0.276 e. The van der Waals surface area contributed by atoms with Gasteiger partial charge in [0, 0.05) is 23.2 Å². The summed E-state index contributed by atoms with van der Waals surface area (Å²) in [4.78, 5) is 16.9. The van der Waals surface area contributed by atoms with Crippen molar-refractivity contribution in [2.75, 3.05) is 0 Å². The van der Waals surface area contributed by atoms with E-state index in [1.807, 2.05) is 6.07 Å². The first kappa shape index (κ1) is 8.56. The molecule has 2 aromatic heterocycles. The third kappa shape index (κ3) is 0.900. The Morgan fingerprint density at radius 3 is 3.06 bits per heavy atom. The molecule has 4 nitrogen and oxygen atoms in total. The molecule has 0 aromatic carbocycles. The monoisotopic (exact) mass is 215 g/mol. The lowest BCUT2D eigenvalue weighted by atomic mass is 9.84. The van der Waals surface area contributed by atoms with Crippen LogP contribution in [-0.2, 0) is 11.8 Å². The van der Waals surface area contributed by atoms with Crippen LogP contribution < -0.4 is 5.56 Å². The average molecular weight is 215 g/mol. The molecule has 82 valence electrons. The molecule has 1 N–H and O–H groups in total. The second kappa shape index (κ2) is 2.56. The molecule has 4 heteroatoms. The van der Waals surface area contributed by atoms with E-state index in [4.69, 9.17) is 0 Å². The largest absolute Gasteiger partial charge is 0.297 e. The highest BCUT2D eigenvalue weighted by molar-refractivity contribution is 5.44. The summed E-state index contributed by atoms with van der Waals surface area (Å²) in [5.74, 6) is 0.